The molecule has 5 heteroatoms. The minimum Gasteiger partial charge on any atom is -0.198 e. The predicted molar refractivity (Wildman–Crippen MR) is 56.3 cm³/mol. The summed E-state index contributed by atoms with van der Waals surface area (Å²) in [7, 11) is 0. The van der Waals surface area contributed by atoms with Gasteiger partial charge in [-0.25, -0.2) is 0 Å². The lowest BCUT2D eigenvalue weighted by Gasteiger charge is -1.99. The molecule has 1 aromatic carbocycles. The van der Waals surface area contributed by atoms with Crippen LogP contribution < -0.4 is 5.53 Å². The maximum atomic E-state index is 4.08. The zero-order chi connectivity index (χ0) is 9.26. The van der Waals surface area contributed by atoms with Crippen molar-refractivity contribution in [2.24, 2.45) is 5.10 Å². The predicted octanol–water partition coefficient (Wildman–Crippen LogP) is 1.96. The highest BCUT2D eigenvalue weighted by atomic mass is 79.9. The molecular formula is C8H7BrN4. The van der Waals surface area contributed by atoms with E-state index in [9.17, 15) is 0 Å². The Hall–Kier alpha value is -1.36. The standard InChI is InChI=1S/C8H7BrN4/c1-10-12-13-8-3-2-7(9)4-6(8)5-11-13/h2-5,12H,1H2. The summed E-state index contributed by atoms with van der Waals surface area (Å²) < 4.78 is 1.03. The van der Waals surface area contributed by atoms with Gasteiger partial charge >= 0.3 is 0 Å². The van der Waals surface area contributed by atoms with E-state index in [1.165, 1.54) is 0 Å². The molecule has 0 bridgehead atoms. The van der Waals surface area contributed by atoms with Gasteiger partial charge in [-0.05, 0) is 18.2 Å². The van der Waals surface area contributed by atoms with Crippen molar-refractivity contribution < 1.29 is 0 Å². The van der Waals surface area contributed by atoms with E-state index in [0.717, 1.165) is 15.4 Å². The molecule has 1 heterocycles. The van der Waals surface area contributed by atoms with Crippen molar-refractivity contribution in [3.63, 3.8) is 0 Å². The second-order valence-electron chi connectivity index (χ2n) is 2.52. The minimum atomic E-state index is 0.968. The van der Waals surface area contributed by atoms with Crippen molar-refractivity contribution >= 4 is 33.6 Å². The minimum absolute atomic E-state index is 0.968. The molecule has 0 aliphatic heterocycles. The van der Waals surface area contributed by atoms with E-state index in [1.54, 1.807) is 11.0 Å². The maximum Gasteiger partial charge on any atom is 0.0939 e. The van der Waals surface area contributed by atoms with Crippen molar-refractivity contribution in [1.82, 2.24) is 9.89 Å². The average Bonchev–Trinajstić information content (AvgIpc) is 2.49. The number of nitrogens with zero attached hydrogens (tertiary/aromatic N) is 3. The number of halogens is 1. The zero-order valence-corrected chi connectivity index (χ0v) is 8.32. The monoisotopic (exact) mass is 238 g/mol. The van der Waals surface area contributed by atoms with Gasteiger partial charge in [0, 0.05) is 16.6 Å². The summed E-state index contributed by atoms with van der Waals surface area (Å²) in [6.45, 7) is 3.33. The lowest BCUT2D eigenvalue weighted by atomic mass is 10.3. The fraction of sp³-hybridized carbons (Fsp3) is 0. The number of nitrogens with one attached hydrogen (secondary N) is 1. The van der Waals surface area contributed by atoms with Gasteiger partial charge in [0.2, 0.25) is 0 Å². The van der Waals surface area contributed by atoms with E-state index < -0.39 is 0 Å². The molecule has 1 N–H and O–H groups in total. The molecule has 0 atom stereocenters. The second-order valence-corrected chi connectivity index (χ2v) is 3.43. The van der Waals surface area contributed by atoms with E-state index in [1.807, 2.05) is 18.2 Å². The van der Waals surface area contributed by atoms with Crippen molar-refractivity contribution in [3.05, 3.63) is 28.9 Å². The molecule has 4 nitrogen and oxygen atoms in total. The smallest absolute Gasteiger partial charge is 0.0939 e. The molecular weight excluding hydrogens is 232 g/mol. The Morgan fingerprint density at radius 2 is 2.38 bits per heavy atom. The highest BCUT2D eigenvalue weighted by Gasteiger charge is 2.00. The first-order valence-corrected chi connectivity index (χ1v) is 4.45. The Bertz CT molecular complexity index is 448. The van der Waals surface area contributed by atoms with Crippen LogP contribution in [0.5, 0.6) is 0 Å². The number of rotatable bonds is 2. The molecule has 0 saturated carbocycles. The molecule has 0 spiro atoms. The van der Waals surface area contributed by atoms with Crippen molar-refractivity contribution in [3.8, 4) is 0 Å². The molecule has 0 saturated heterocycles. The number of hydrogen-bond acceptors (Lipinski definition) is 3. The Morgan fingerprint density at radius 3 is 3.15 bits per heavy atom. The first kappa shape index (κ1) is 8.25. The van der Waals surface area contributed by atoms with Crippen LogP contribution in [0, 0.1) is 0 Å². The molecule has 0 fully saturated rings. The summed E-state index contributed by atoms with van der Waals surface area (Å²) in [5, 5.41) is 8.66. The number of hydrazone groups is 1. The van der Waals surface area contributed by atoms with Gasteiger partial charge in [-0.2, -0.15) is 20.5 Å². The van der Waals surface area contributed by atoms with Gasteiger partial charge in [0.05, 0.1) is 11.7 Å². The molecule has 0 aliphatic carbocycles. The summed E-state index contributed by atoms with van der Waals surface area (Å²) in [6, 6.07) is 5.89. The fourth-order valence-electron chi connectivity index (χ4n) is 1.15. The van der Waals surface area contributed by atoms with E-state index in [4.69, 9.17) is 0 Å². The molecule has 2 rings (SSSR count). The Labute approximate surface area is 83.3 Å². The van der Waals surface area contributed by atoms with Gasteiger partial charge in [0.1, 0.15) is 0 Å². The summed E-state index contributed by atoms with van der Waals surface area (Å²) in [5.74, 6) is 0. The van der Waals surface area contributed by atoms with Gasteiger partial charge in [-0.1, -0.05) is 15.9 Å². The quantitative estimate of drug-likeness (QED) is 0.642. The van der Waals surface area contributed by atoms with Gasteiger partial charge < -0.3 is 0 Å². The third-order valence-corrected chi connectivity index (χ3v) is 2.19. The van der Waals surface area contributed by atoms with Crippen LogP contribution in [0.3, 0.4) is 0 Å². The number of hydrogen-bond donors (Lipinski definition) is 1. The van der Waals surface area contributed by atoms with Gasteiger partial charge in [0.25, 0.3) is 0 Å². The Morgan fingerprint density at radius 1 is 1.54 bits per heavy atom. The highest BCUT2D eigenvalue weighted by molar-refractivity contribution is 9.10. The summed E-state index contributed by atoms with van der Waals surface area (Å²) in [5.41, 5.74) is 3.62. The summed E-state index contributed by atoms with van der Waals surface area (Å²) >= 11 is 3.39. The van der Waals surface area contributed by atoms with E-state index >= 15 is 0 Å². The van der Waals surface area contributed by atoms with E-state index in [2.05, 4.69) is 38.4 Å². The van der Waals surface area contributed by atoms with Crippen LogP contribution in [0.1, 0.15) is 0 Å². The Kier molecular flexibility index (Phi) is 2.02. The van der Waals surface area contributed by atoms with E-state index in [0.29, 0.717) is 0 Å². The zero-order valence-electron chi connectivity index (χ0n) is 6.74. The molecule has 0 aliphatic rings. The third kappa shape index (κ3) is 1.42. The SMILES string of the molecule is C=NNn1ncc2cc(Br)ccc21. The van der Waals surface area contributed by atoms with Crippen molar-refractivity contribution in [2.75, 3.05) is 5.53 Å². The molecule has 66 valence electrons. The molecule has 1 aromatic heterocycles. The largest absolute Gasteiger partial charge is 0.198 e. The van der Waals surface area contributed by atoms with Crippen LogP contribution in [0.2, 0.25) is 0 Å². The van der Waals surface area contributed by atoms with Gasteiger partial charge in [0.15, 0.2) is 0 Å². The lowest BCUT2D eigenvalue weighted by Crippen LogP contribution is -2.08. The molecule has 2 aromatic rings. The van der Waals surface area contributed by atoms with Crippen molar-refractivity contribution in [1.29, 1.82) is 0 Å². The van der Waals surface area contributed by atoms with E-state index in [-0.39, 0.29) is 0 Å². The summed E-state index contributed by atoms with van der Waals surface area (Å²) in [6.07, 6.45) is 1.76. The second kappa shape index (κ2) is 3.18. The molecule has 0 radical (unpaired) electrons. The fourth-order valence-corrected chi connectivity index (χ4v) is 1.53. The number of aromatic nitrogens is 2. The van der Waals surface area contributed by atoms with Crippen molar-refractivity contribution in [2.45, 2.75) is 0 Å². The van der Waals surface area contributed by atoms with Crippen LogP contribution in [-0.2, 0) is 0 Å². The third-order valence-electron chi connectivity index (χ3n) is 1.70. The van der Waals surface area contributed by atoms with Gasteiger partial charge in [-0.3, -0.25) is 0 Å². The molecule has 13 heavy (non-hydrogen) atoms. The van der Waals surface area contributed by atoms with Crippen LogP contribution in [0.25, 0.3) is 10.9 Å². The van der Waals surface area contributed by atoms with Crippen LogP contribution in [0.15, 0.2) is 34.0 Å². The number of fused-ring (bicyclic) bond motifs is 1. The molecule has 0 amide bonds. The van der Waals surface area contributed by atoms with Crippen LogP contribution >= 0.6 is 15.9 Å². The summed E-state index contributed by atoms with van der Waals surface area (Å²) in [4.78, 5) is 1.56. The van der Waals surface area contributed by atoms with Gasteiger partial charge in [-0.15, -0.1) is 0 Å². The highest BCUT2D eigenvalue weighted by Crippen LogP contribution is 2.18. The maximum absolute atomic E-state index is 4.08. The van der Waals surface area contributed by atoms with Crippen LogP contribution in [0.4, 0.5) is 0 Å². The normalized spacial score (nSPS) is 10.2. The lowest BCUT2D eigenvalue weighted by molar-refractivity contribution is 0.784. The average molecular weight is 239 g/mol. The van der Waals surface area contributed by atoms with Crippen LogP contribution in [-0.4, -0.2) is 16.6 Å². The number of benzene rings is 1. The topological polar surface area (TPSA) is 42.2 Å². The molecule has 0 unspecified atom stereocenters. The first-order valence-electron chi connectivity index (χ1n) is 3.66. The first-order chi connectivity index (χ1) is 6.31. The Balaban J connectivity index is 2.61.